The molecule has 3 rings (SSSR count). The zero-order chi connectivity index (χ0) is 19.6. The fourth-order valence-electron chi connectivity index (χ4n) is 2.43. The van der Waals surface area contributed by atoms with E-state index in [-0.39, 0.29) is 18.3 Å². The third-order valence-corrected chi connectivity index (χ3v) is 5.63. The molecule has 0 spiro atoms. The van der Waals surface area contributed by atoms with Crippen LogP contribution in [0.4, 0.5) is 4.39 Å². The number of hydrogen-bond acceptors (Lipinski definition) is 5. The van der Waals surface area contributed by atoms with E-state index < -0.39 is 0 Å². The first kappa shape index (κ1) is 19.7. The van der Waals surface area contributed by atoms with Crippen LogP contribution in [0.2, 0.25) is 5.02 Å². The van der Waals surface area contributed by atoms with Crippen LogP contribution in [0.3, 0.4) is 0 Å². The molecule has 1 heterocycles. The van der Waals surface area contributed by atoms with Crippen molar-refractivity contribution in [3.8, 4) is 11.5 Å². The molecule has 1 aliphatic rings. The molecule has 27 heavy (non-hydrogen) atoms. The minimum Gasteiger partial charge on any atom is -0.493 e. The summed E-state index contributed by atoms with van der Waals surface area (Å²) >= 11 is 12.7. The Bertz CT molecular complexity index is 949. The quantitative estimate of drug-likeness (QED) is 0.505. The van der Waals surface area contributed by atoms with Crippen molar-refractivity contribution in [1.29, 1.82) is 0 Å². The van der Waals surface area contributed by atoms with E-state index in [9.17, 15) is 9.18 Å². The van der Waals surface area contributed by atoms with Crippen LogP contribution < -0.4 is 9.47 Å². The summed E-state index contributed by atoms with van der Waals surface area (Å²) in [5, 5.41) is 0.295. The fourth-order valence-corrected chi connectivity index (χ4v) is 3.88. The van der Waals surface area contributed by atoms with Crippen molar-refractivity contribution < 1.29 is 18.7 Å². The van der Waals surface area contributed by atoms with E-state index in [1.807, 2.05) is 0 Å². The van der Waals surface area contributed by atoms with Gasteiger partial charge in [0.05, 0.1) is 17.0 Å². The van der Waals surface area contributed by atoms with Gasteiger partial charge < -0.3 is 9.47 Å². The average molecular weight is 424 g/mol. The van der Waals surface area contributed by atoms with Gasteiger partial charge in [0.15, 0.2) is 11.5 Å². The van der Waals surface area contributed by atoms with Gasteiger partial charge in [-0.1, -0.05) is 53.8 Å². The first-order valence-corrected chi connectivity index (χ1v) is 9.46. The molecule has 1 amide bonds. The molecule has 1 fully saturated rings. The van der Waals surface area contributed by atoms with Gasteiger partial charge in [-0.15, -0.1) is 0 Å². The molecule has 2 aromatic rings. The van der Waals surface area contributed by atoms with Gasteiger partial charge in [0.1, 0.15) is 16.7 Å². The number of hydrogen-bond donors (Lipinski definition) is 0. The SMILES string of the molecule is COc1cc(/C=C2/SC(=S)N(C)C2=O)cc(Cl)c1OCc1ccccc1F. The van der Waals surface area contributed by atoms with E-state index >= 15 is 0 Å². The van der Waals surface area contributed by atoms with Crippen molar-refractivity contribution in [3.05, 3.63) is 63.3 Å². The van der Waals surface area contributed by atoms with Crippen molar-refractivity contribution in [1.82, 2.24) is 4.90 Å². The molecule has 0 aliphatic carbocycles. The van der Waals surface area contributed by atoms with E-state index in [0.717, 1.165) is 0 Å². The Kier molecular flexibility index (Phi) is 6.04. The highest BCUT2D eigenvalue weighted by molar-refractivity contribution is 8.26. The number of methoxy groups -OCH3 is 1. The van der Waals surface area contributed by atoms with Crippen LogP contribution in [0.5, 0.6) is 11.5 Å². The topological polar surface area (TPSA) is 38.8 Å². The van der Waals surface area contributed by atoms with Crippen molar-refractivity contribution in [2.75, 3.05) is 14.2 Å². The van der Waals surface area contributed by atoms with Crippen LogP contribution in [0, 0.1) is 5.82 Å². The molecule has 2 aromatic carbocycles. The lowest BCUT2D eigenvalue weighted by molar-refractivity contribution is -0.121. The molecule has 0 atom stereocenters. The zero-order valence-electron chi connectivity index (χ0n) is 14.5. The number of thiocarbonyl (C=S) groups is 1. The number of nitrogens with zero attached hydrogens (tertiary/aromatic N) is 1. The summed E-state index contributed by atoms with van der Waals surface area (Å²) in [6.07, 6.45) is 1.69. The maximum atomic E-state index is 13.8. The molecule has 0 bridgehead atoms. The summed E-state index contributed by atoms with van der Waals surface area (Å²) in [5.41, 5.74) is 1.08. The van der Waals surface area contributed by atoms with Gasteiger partial charge in [0.25, 0.3) is 5.91 Å². The molecule has 140 valence electrons. The third-order valence-electron chi connectivity index (χ3n) is 3.87. The lowest BCUT2D eigenvalue weighted by Gasteiger charge is -2.14. The van der Waals surface area contributed by atoms with Gasteiger partial charge in [-0.2, -0.15) is 0 Å². The Balaban J connectivity index is 1.87. The predicted octanol–water partition coefficient (Wildman–Crippen LogP) is 4.90. The van der Waals surface area contributed by atoms with Crippen LogP contribution in [-0.2, 0) is 11.4 Å². The predicted molar refractivity (Wildman–Crippen MR) is 110 cm³/mol. The van der Waals surface area contributed by atoms with Crippen molar-refractivity contribution >= 4 is 51.9 Å². The van der Waals surface area contributed by atoms with Crippen LogP contribution in [0.15, 0.2) is 41.3 Å². The number of halogens is 2. The highest BCUT2D eigenvalue weighted by Gasteiger charge is 2.28. The van der Waals surface area contributed by atoms with E-state index in [0.29, 0.717) is 36.9 Å². The maximum absolute atomic E-state index is 13.8. The zero-order valence-corrected chi connectivity index (χ0v) is 16.9. The Morgan fingerprint density at radius 3 is 2.70 bits per heavy atom. The number of carbonyl (C=O) groups is 1. The molecule has 0 N–H and O–H groups in total. The van der Waals surface area contributed by atoms with Gasteiger partial charge in [-0.3, -0.25) is 9.69 Å². The second kappa shape index (κ2) is 8.29. The summed E-state index contributed by atoms with van der Waals surface area (Å²) < 4.78 is 25.3. The standard InChI is InChI=1S/C19H15ClFNO3S2/c1-22-18(23)16(27-19(22)26)9-11-7-13(20)17(15(8-11)24-2)25-10-12-5-3-4-6-14(12)21/h3-9H,10H2,1-2H3/b16-9+. The van der Waals surface area contributed by atoms with Gasteiger partial charge in [-0.05, 0) is 29.8 Å². The second-order valence-electron chi connectivity index (χ2n) is 5.65. The van der Waals surface area contributed by atoms with Gasteiger partial charge in [0.2, 0.25) is 0 Å². The first-order valence-electron chi connectivity index (χ1n) is 7.86. The smallest absolute Gasteiger partial charge is 0.265 e. The number of carbonyl (C=O) groups excluding carboxylic acids is 1. The number of likely N-dealkylation sites (N-methyl/N-ethyl adjacent to an activating group) is 1. The van der Waals surface area contributed by atoms with E-state index in [1.165, 1.54) is 29.8 Å². The lowest BCUT2D eigenvalue weighted by atomic mass is 10.1. The largest absolute Gasteiger partial charge is 0.493 e. The first-order chi connectivity index (χ1) is 12.9. The van der Waals surface area contributed by atoms with E-state index in [2.05, 4.69) is 0 Å². The van der Waals surface area contributed by atoms with Crippen LogP contribution in [0.25, 0.3) is 6.08 Å². The Morgan fingerprint density at radius 1 is 1.33 bits per heavy atom. The highest BCUT2D eigenvalue weighted by atomic mass is 35.5. The average Bonchev–Trinajstić information content (AvgIpc) is 2.88. The molecule has 0 saturated carbocycles. The normalized spacial score (nSPS) is 15.6. The maximum Gasteiger partial charge on any atom is 0.265 e. The van der Waals surface area contributed by atoms with Gasteiger partial charge in [-0.25, -0.2) is 4.39 Å². The Hall–Kier alpha value is -2.09. The Labute approximate surface area is 170 Å². The van der Waals surface area contributed by atoms with Crippen molar-refractivity contribution in [2.24, 2.45) is 0 Å². The second-order valence-corrected chi connectivity index (χ2v) is 7.74. The van der Waals surface area contributed by atoms with Gasteiger partial charge in [0, 0.05) is 12.6 Å². The summed E-state index contributed by atoms with van der Waals surface area (Å²) in [6, 6.07) is 9.70. The number of ether oxygens (including phenoxy) is 2. The van der Waals surface area contributed by atoms with Crippen LogP contribution in [0.1, 0.15) is 11.1 Å². The molecule has 8 heteroatoms. The number of thioether (sulfide) groups is 1. The fraction of sp³-hybridized carbons (Fsp3) is 0.158. The van der Waals surface area contributed by atoms with E-state index in [4.69, 9.17) is 33.3 Å². The monoisotopic (exact) mass is 423 g/mol. The van der Waals surface area contributed by atoms with Crippen molar-refractivity contribution in [2.45, 2.75) is 6.61 Å². The molecule has 1 saturated heterocycles. The number of benzene rings is 2. The number of amides is 1. The molecular formula is C19H15ClFNO3S2. The van der Waals surface area contributed by atoms with E-state index in [1.54, 1.807) is 43.5 Å². The highest BCUT2D eigenvalue weighted by Crippen LogP contribution is 2.39. The molecule has 4 nitrogen and oxygen atoms in total. The molecular weight excluding hydrogens is 409 g/mol. The van der Waals surface area contributed by atoms with Crippen molar-refractivity contribution in [3.63, 3.8) is 0 Å². The molecule has 0 unspecified atom stereocenters. The summed E-state index contributed by atoms with van der Waals surface area (Å²) in [7, 11) is 3.11. The third kappa shape index (κ3) is 4.26. The lowest BCUT2D eigenvalue weighted by Crippen LogP contribution is -2.22. The minimum atomic E-state index is -0.356. The summed E-state index contributed by atoms with van der Waals surface area (Å²) in [5.74, 6) is 0.172. The van der Waals surface area contributed by atoms with Crippen LogP contribution in [-0.4, -0.2) is 29.3 Å². The van der Waals surface area contributed by atoms with Gasteiger partial charge >= 0.3 is 0 Å². The molecule has 0 radical (unpaired) electrons. The molecule has 0 aromatic heterocycles. The Morgan fingerprint density at radius 2 is 2.07 bits per heavy atom. The number of rotatable bonds is 5. The van der Waals surface area contributed by atoms with Crippen LogP contribution >= 0.6 is 35.6 Å². The summed E-state index contributed by atoms with van der Waals surface area (Å²) in [4.78, 5) is 14.1. The minimum absolute atomic E-state index is 0.0105. The molecule has 1 aliphatic heterocycles. The summed E-state index contributed by atoms with van der Waals surface area (Å²) in [6.45, 7) is 0.0105.